The van der Waals surface area contributed by atoms with Gasteiger partial charge in [0.15, 0.2) is 0 Å². The molecule has 0 amide bonds. The van der Waals surface area contributed by atoms with E-state index in [0.29, 0.717) is 11.1 Å². The van der Waals surface area contributed by atoms with Crippen LogP contribution in [-0.2, 0) is 6.42 Å². The van der Waals surface area contributed by atoms with E-state index in [1.807, 2.05) is 19.2 Å². The number of allylic oxidation sites excluding steroid dienone is 1. The normalized spacial score (nSPS) is 12.5. The number of benzene rings is 1. The topological polar surface area (TPSA) is 12.0 Å². The molecule has 0 fully saturated rings. The molecule has 1 unspecified atom stereocenters. The zero-order chi connectivity index (χ0) is 12.8. The fourth-order valence-electron chi connectivity index (χ4n) is 1.72. The van der Waals surface area contributed by atoms with Crippen molar-refractivity contribution in [2.24, 2.45) is 0 Å². The SMILES string of the molecule is C=C(C)CCC(Cc1ccc(Cl)cc1Cl)NC. The van der Waals surface area contributed by atoms with Gasteiger partial charge < -0.3 is 5.32 Å². The molecule has 17 heavy (non-hydrogen) atoms. The number of likely N-dealkylation sites (N-methyl/N-ethyl adjacent to an activating group) is 1. The van der Waals surface area contributed by atoms with Gasteiger partial charge in [0.05, 0.1) is 0 Å². The van der Waals surface area contributed by atoms with Crippen LogP contribution in [0.1, 0.15) is 25.3 Å². The second-order valence-corrected chi connectivity index (χ2v) is 5.26. The van der Waals surface area contributed by atoms with Gasteiger partial charge >= 0.3 is 0 Å². The van der Waals surface area contributed by atoms with E-state index in [2.05, 4.69) is 18.8 Å². The first-order valence-corrected chi connectivity index (χ1v) is 6.54. The molecule has 1 nitrogen and oxygen atoms in total. The third kappa shape index (κ3) is 5.12. The summed E-state index contributed by atoms with van der Waals surface area (Å²) in [7, 11) is 1.98. The average Bonchev–Trinajstić information content (AvgIpc) is 2.26. The average molecular weight is 272 g/mol. The van der Waals surface area contributed by atoms with E-state index in [0.717, 1.165) is 29.8 Å². The molecule has 1 aromatic rings. The summed E-state index contributed by atoms with van der Waals surface area (Å²) < 4.78 is 0. The Morgan fingerprint density at radius 3 is 2.65 bits per heavy atom. The third-order valence-corrected chi connectivity index (χ3v) is 3.40. The molecular weight excluding hydrogens is 253 g/mol. The third-order valence-electron chi connectivity index (χ3n) is 2.81. The Hall–Kier alpha value is -0.500. The highest BCUT2D eigenvalue weighted by Crippen LogP contribution is 2.23. The first-order valence-electron chi connectivity index (χ1n) is 5.78. The van der Waals surface area contributed by atoms with Gasteiger partial charge in [-0.2, -0.15) is 0 Å². The van der Waals surface area contributed by atoms with Crippen molar-refractivity contribution in [2.45, 2.75) is 32.2 Å². The Balaban J connectivity index is 2.63. The van der Waals surface area contributed by atoms with Crippen LogP contribution in [0.15, 0.2) is 30.4 Å². The van der Waals surface area contributed by atoms with Crippen molar-refractivity contribution in [2.75, 3.05) is 7.05 Å². The van der Waals surface area contributed by atoms with Crippen LogP contribution < -0.4 is 5.32 Å². The van der Waals surface area contributed by atoms with Crippen LogP contribution in [0.4, 0.5) is 0 Å². The molecule has 0 spiro atoms. The number of hydrogen-bond donors (Lipinski definition) is 1. The molecular formula is C14H19Cl2N. The van der Waals surface area contributed by atoms with E-state index in [4.69, 9.17) is 23.2 Å². The summed E-state index contributed by atoms with van der Waals surface area (Å²) in [5.74, 6) is 0. The number of nitrogens with one attached hydrogen (secondary N) is 1. The number of halogens is 2. The van der Waals surface area contributed by atoms with Crippen LogP contribution in [0.2, 0.25) is 10.0 Å². The lowest BCUT2D eigenvalue weighted by molar-refractivity contribution is 0.519. The van der Waals surface area contributed by atoms with E-state index in [1.165, 1.54) is 5.57 Å². The van der Waals surface area contributed by atoms with E-state index >= 15 is 0 Å². The maximum absolute atomic E-state index is 6.16. The number of rotatable bonds is 6. The molecule has 0 saturated heterocycles. The highest BCUT2D eigenvalue weighted by molar-refractivity contribution is 6.35. The minimum Gasteiger partial charge on any atom is -0.317 e. The first-order chi connectivity index (χ1) is 8.02. The van der Waals surface area contributed by atoms with E-state index in [9.17, 15) is 0 Å². The molecule has 0 saturated carbocycles. The Morgan fingerprint density at radius 1 is 1.41 bits per heavy atom. The van der Waals surface area contributed by atoms with Crippen LogP contribution in [0.5, 0.6) is 0 Å². The summed E-state index contributed by atoms with van der Waals surface area (Å²) >= 11 is 12.0. The van der Waals surface area contributed by atoms with Crippen molar-refractivity contribution < 1.29 is 0 Å². The summed E-state index contributed by atoms with van der Waals surface area (Å²) in [5.41, 5.74) is 2.35. The van der Waals surface area contributed by atoms with Gasteiger partial charge in [0.1, 0.15) is 0 Å². The molecule has 1 atom stereocenters. The summed E-state index contributed by atoms with van der Waals surface area (Å²) in [4.78, 5) is 0. The summed E-state index contributed by atoms with van der Waals surface area (Å²) in [6.45, 7) is 5.98. The molecule has 94 valence electrons. The quantitative estimate of drug-likeness (QED) is 0.753. The molecule has 0 aliphatic heterocycles. The zero-order valence-corrected chi connectivity index (χ0v) is 11.9. The summed E-state index contributed by atoms with van der Waals surface area (Å²) in [5, 5.41) is 4.74. The molecule has 0 aliphatic carbocycles. The summed E-state index contributed by atoms with van der Waals surface area (Å²) in [6.07, 6.45) is 3.03. The molecule has 3 heteroatoms. The minimum atomic E-state index is 0.422. The maximum Gasteiger partial charge on any atom is 0.0453 e. The molecule has 1 rings (SSSR count). The Kier molecular flexibility index (Phi) is 6.04. The lowest BCUT2D eigenvalue weighted by Gasteiger charge is -2.17. The van der Waals surface area contributed by atoms with Crippen LogP contribution >= 0.6 is 23.2 Å². The monoisotopic (exact) mass is 271 g/mol. The van der Waals surface area contributed by atoms with Gasteiger partial charge in [-0.05, 0) is 50.9 Å². The lowest BCUT2D eigenvalue weighted by Crippen LogP contribution is -2.27. The highest BCUT2D eigenvalue weighted by Gasteiger charge is 2.10. The van der Waals surface area contributed by atoms with Gasteiger partial charge in [-0.3, -0.25) is 0 Å². The predicted molar refractivity (Wildman–Crippen MR) is 77.1 cm³/mol. The second-order valence-electron chi connectivity index (χ2n) is 4.42. The van der Waals surface area contributed by atoms with Crippen LogP contribution in [-0.4, -0.2) is 13.1 Å². The van der Waals surface area contributed by atoms with Gasteiger partial charge in [0, 0.05) is 16.1 Å². The van der Waals surface area contributed by atoms with Gasteiger partial charge in [0.2, 0.25) is 0 Å². The van der Waals surface area contributed by atoms with Crippen molar-refractivity contribution >= 4 is 23.2 Å². The molecule has 1 aromatic carbocycles. The molecule has 0 heterocycles. The van der Waals surface area contributed by atoms with Crippen molar-refractivity contribution in [3.8, 4) is 0 Å². The maximum atomic E-state index is 6.16. The van der Waals surface area contributed by atoms with Crippen molar-refractivity contribution in [3.63, 3.8) is 0 Å². The Bertz CT molecular complexity index is 388. The molecule has 0 radical (unpaired) electrons. The van der Waals surface area contributed by atoms with E-state index in [1.54, 1.807) is 6.07 Å². The van der Waals surface area contributed by atoms with Crippen molar-refractivity contribution in [1.82, 2.24) is 5.32 Å². The zero-order valence-electron chi connectivity index (χ0n) is 10.4. The van der Waals surface area contributed by atoms with Gasteiger partial charge in [0.25, 0.3) is 0 Å². The second kappa shape index (κ2) is 7.05. The van der Waals surface area contributed by atoms with Gasteiger partial charge in [-0.15, -0.1) is 6.58 Å². The smallest absolute Gasteiger partial charge is 0.0453 e. The lowest BCUT2D eigenvalue weighted by atomic mass is 10.00. The first kappa shape index (κ1) is 14.6. The molecule has 0 aromatic heterocycles. The minimum absolute atomic E-state index is 0.422. The largest absolute Gasteiger partial charge is 0.317 e. The fourth-order valence-corrected chi connectivity index (χ4v) is 2.21. The van der Waals surface area contributed by atoms with Crippen molar-refractivity contribution in [3.05, 3.63) is 46.0 Å². The fraction of sp³-hybridized carbons (Fsp3) is 0.429. The van der Waals surface area contributed by atoms with Crippen LogP contribution in [0.3, 0.4) is 0 Å². The molecule has 0 bridgehead atoms. The van der Waals surface area contributed by atoms with Gasteiger partial charge in [-0.25, -0.2) is 0 Å². The summed E-state index contributed by atoms with van der Waals surface area (Å²) in [6, 6.07) is 6.10. The van der Waals surface area contributed by atoms with Crippen LogP contribution in [0.25, 0.3) is 0 Å². The van der Waals surface area contributed by atoms with E-state index in [-0.39, 0.29) is 0 Å². The van der Waals surface area contributed by atoms with E-state index < -0.39 is 0 Å². The van der Waals surface area contributed by atoms with Crippen molar-refractivity contribution in [1.29, 1.82) is 0 Å². The standard InChI is InChI=1S/C14H19Cl2N/c1-10(2)4-7-13(17-3)8-11-5-6-12(15)9-14(11)16/h5-6,9,13,17H,1,4,7-8H2,2-3H3. The molecule has 0 aliphatic rings. The van der Waals surface area contributed by atoms with Gasteiger partial charge in [-0.1, -0.05) is 34.8 Å². The highest BCUT2D eigenvalue weighted by atomic mass is 35.5. The molecule has 1 N–H and O–H groups in total. The van der Waals surface area contributed by atoms with Crippen LogP contribution in [0, 0.1) is 0 Å². The number of hydrogen-bond acceptors (Lipinski definition) is 1. The Labute approximate surface area is 114 Å². The predicted octanol–water partition coefficient (Wildman–Crippen LogP) is 4.48. The Morgan fingerprint density at radius 2 is 2.12 bits per heavy atom.